The Hall–Kier alpha value is 0. The van der Waals surface area contributed by atoms with E-state index in [9.17, 15) is 0 Å². The number of hydrogen-bond acceptors (Lipinski definition) is 0. The topological polar surface area (TPSA) is 0 Å². The van der Waals surface area contributed by atoms with Gasteiger partial charge in [-0.25, -0.2) is 0 Å². The lowest BCUT2D eigenvalue weighted by Crippen LogP contribution is -2.35. The minimum atomic E-state index is 0.520. The van der Waals surface area contributed by atoms with Gasteiger partial charge in [-0.3, -0.25) is 0 Å². The van der Waals surface area contributed by atoms with E-state index < -0.39 is 0 Å². The van der Waals surface area contributed by atoms with Gasteiger partial charge in [0, 0.05) is 0 Å². The Morgan fingerprint density at radius 1 is 0.842 bits per heavy atom. The van der Waals surface area contributed by atoms with Crippen molar-refractivity contribution in [2.75, 3.05) is 0 Å². The fraction of sp³-hybridized carbons (Fsp3) is 1.00. The van der Waals surface area contributed by atoms with Crippen LogP contribution < -0.4 is 0 Å². The summed E-state index contributed by atoms with van der Waals surface area (Å²) in [7, 11) is 0. The van der Waals surface area contributed by atoms with Crippen molar-refractivity contribution in [1.82, 2.24) is 0 Å². The van der Waals surface area contributed by atoms with Gasteiger partial charge in [-0.1, -0.05) is 93.9 Å². The fourth-order valence-electron chi connectivity index (χ4n) is 3.50. The molecule has 0 aliphatic heterocycles. The van der Waals surface area contributed by atoms with Gasteiger partial charge in [0.15, 0.2) is 0 Å². The fourth-order valence-corrected chi connectivity index (χ4v) is 3.50. The molecular weight excluding hydrogens is 228 g/mol. The van der Waals surface area contributed by atoms with Crippen molar-refractivity contribution in [1.29, 1.82) is 0 Å². The summed E-state index contributed by atoms with van der Waals surface area (Å²) in [5.41, 5.74) is 0.520. The number of rotatable bonds is 10. The maximum atomic E-state index is 2.52. The Morgan fingerprint density at radius 2 is 1.37 bits per heavy atom. The molecule has 0 aliphatic carbocycles. The van der Waals surface area contributed by atoms with Crippen LogP contribution in [-0.2, 0) is 0 Å². The van der Waals surface area contributed by atoms with Gasteiger partial charge in [-0.15, -0.1) is 0 Å². The first-order valence-electron chi connectivity index (χ1n) is 8.79. The lowest BCUT2D eigenvalue weighted by atomic mass is 9.62. The monoisotopic (exact) mass is 268 g/mol. The SMILES string of the molecule is CCC(C)C(C)(CC)C(C)C(C)CCCCC(C)C. The van der Waals surface area contributed by atoms with E-state index in [2.05, 4.69) is 55.4 Å². The van der Waals surface area contributed by atoms with Crippen LogP contribution in [0.5, 0.6) is 0 Å². The zero-order valence-electron chi connectivity index (χ0n) is 15.1. The molecule has 0 bridgehead atoms. The summed E-state index contributed by atoms with van der Waals surface area (Å²) < 4.78 is 0. The Kier molecular flexibility index (Phi) is 9.03. The van der Waals surface area contributed by atoms with Gasteiger partial charge in [0.2, 0.25) is 0 Å². The standard InChI is InChI=1S/C19H40/c1-9-17(6)19(8,10-2)18(7)16(5)14-12-11-13-15(3)4/h15-18H,9-14H2,1-8H3. The Labute approximate surface area is 123 Å². The first kappa shape index (κ1) is 19.0. The number of unbranched alkanes of at least 4 members (excludes halogenated alkanes) is 1. The summed E-state index contributed by atoms with van der Waals surface area (Å²) in [5, 5.41) is 0. The predicted molar refractivity (Wildman–Crippen MR) is 89.5 cm³/mol. The lowest BCUT2D eigenvalue weighted by molar-refractivity contribution is 0.0631. The highest BCUT2D eigenvalue weighted by Crippen LogP contribution is 2.44. The van der Waals surface area contributed by atoms with Crippen LogP contribution in [0.2, 0.25) is 0 Å². The van der Waals surface area contributed by atoms with Crippen molar-refractivity contribution >= 4 is 0 Å². The maximum Gasteiger partial charge on any atom is -0.0275 e. The van der Waals surface area contributed by atoms with Gasteiger partial charge in [0.05, 0.1) is 0 Å². The van der Waals surface area contributed by atoms with Crippen LogP contribution in [0.15, 0.2) is 0 Å². The molecule has 0 heteroatoms. The van der Waals surface area contributed by atoms with Crippen LogP contribution in [0.4, 0.5) is 0 Å². The van der Waals surface area contributed by atoms with Crippen LogP contribution in [0, 0.1) is 29.1 Å². The molecule has 0 saturated carbocycles. The van der Waals surface area contributed by atoms with Gasteiger partial charge in [0.25, 0.3) is 0 Å². The van der Waals surface area contributed by atoms with Crippen LogP contribution in [0.3, 0.4) is 0 Å². The first-order chi connectivity index (χ1) is 8.79. The summed E-state index contributed by atoms with van der Waals surface area (Å²) >= 11 is 0. The molecular formula is C19H40. The van der Waals surface area contributed by atoms with E-state index in [4.69, 9.17) is 0 Å². The molecule has 0 saturated heterocycles. The molecule has 0 nitrogen and oxygen atoms in total. The Bertz CT molecular complexity index is 218. The first-order valence-corrected chi connectivity index (χ1v) is 8.79. The van der Waals surface area contributed by atoms with E-state index in [1.165, 1.54) is 38.5 Å². The Morgan fingerprint density at radius 3 is 1.79 bits per heavy atom. The number of hydrogen-bond donors (Lipinski definition) is 0. The summed E-state index contributed by atoms with van der Waals surface area (Å²) in [6, 6.07) is 0. The second kappa shape index (κ2) is 9.03. The zero-order valence-corrected chi connectivity index (χ0v) is 15.1. The third-order valence-electron chi connectivity index (χ3n) is 6.08. The summed E-state index contributed by atoms with van der Waals surface area (Å²) in [4.78, 5) is 0. The van der Waals surface area contributed by atoms with E-state index >= 15 is 0 Å². The van der Waals surface area contributed by atoms with Crippen LogP contribution >= 0.6 is 0 Å². The van der Waals surface area contributed by atoms with E-state index in [1.807, 2.05) is 0 Å². The van der Waals surface area contributed by atoms with Crippen molar-refractivity contribution in [2.24, 2.45) is 29.1 Å². The van der Waals surface area contributed by atoms with Crippen molar-refractivity contribution in [3.8, 4) is 0 Å². The molecule has 0 spiro atoms. The molecule has 0 radical (unpaired) electrons. The van der Waals surface area contributed by atoms with Crippen LogP contribution in [0.1, 0.15) is 93.9 Å². The molecule has 0 amide bonds. The largest absolute Gasteiger partial charge is 0.0651 e. The smallest absolute Gasteiger partial charge is 0.0275 e. The third-order valence-corrected chi connectivity index (χ3v) is 6.08. The molecule has 0 aromatic carbocycles. The van der Waals surface area contributed by atoms with Crippen molar-refractivity contribution in [2.45, 2.75) is 93.9 Å². The highest BCUT2D eigenvalue weighted by molar-refractivity contribution is 4.85. The van der Waals surface area contributed by atoms with Gasteiger partial charge in [-0.2, -0.15) is 0 Å². The van der Waals surface area contributed by atoms with E-state index in [-0.39, 0.29) is 0 Å². The van der Waals surface area contributed by atoms with Crippen molar-refractivity contribution < 1.29 is 0 Å². The molecule has 4 unspecified atom stereocenters. The van der Waals surface area contributed by atoms with Gasteiger partial charge < -0.3 is 0 Å². The summed E-state index contributed by atoms with van der Waals surface area (Å²) in [5.74, 6) is 3.41. The molecule has 0 N–H and O–H groups in total. The summed E-state index contributed by atoms with van der Waals surface area (Å²) in [6.07, 6.45) is 8.29. The minimum Gasteiger partial charge on any atom is -0.0651 e. The molecule has 0 heterocycles. The molecule has 0 aromatic rings. The zero-order chi connectivity index (χ0) is 15.1. The minimum absolute atomic E-state index is 0.520. The molecule has 4 atom stereocenters. The molecule has 0 aliphatic rings. The van der Waals surface area contributed by atoms with Gasteiger partial charge in [0.1, 0.15) is 0 Å². The molecule has 0 aromatic heterocycles. The normalized spacial score (nSPS) is 20.1. The second-order valence-corrected chi connectivity index (χ2v) is 7.61. The lowest BCUT2D eigenvalue weighted by Gasteiger charge is -2.43. The van der Waals surface area contributed by atoms with Gasteiger partial charge in [-0.05, 0) is 29.1 Å². The average Bonchev–Trinajstić information content (AvgIpc) is 2.40. The average molecular weight is 269 g/mol. The molecule has 19 heavy (non-hydrogen) atoms. The van der Waals surface area contributed by atoms with Crippen LogP contribution in [-0.4, -0.2) is 0 Å². The van der Waals surface area contributed by atoms with Crippen molar-refractivity contribution in [3.63, 3.8) is 0 Å². The van der Waals surface area contributed by atoms with E-state index in [0.29, 0.717) is 5.41 Å². The quantitative estimate of drug-likeness (QED) is 0.376. The van der Waals surface area contributed by atoms with Crippen LogP contribution in [0.25, 0.3) is 0 Å². The second-order valence-electron chi connectivity index (χ2n) is 7.61. The third kappa shape index (κ3) is 5.88. The van der Waals surface area contributed by atoms with Crippen molar-refractivity contribution in [3.05, 3.63) is 0 Å². The molecule has 116 valence electrons. The highest BCUT2D eigenvalue weighted by Gasteiger charge is 2.36. The predicted octanol–water partition coefficient (Wildman–Crippen LogP) is 6.94. The maximum absolute atomic E-state index is 2.52. The van der Waals surface area contributed by atoms with E-state index in [0.717, 1.165) is 23.7 Å². The highest BCUT2D eigenvalue weighted by atomic mass is 14.4. The molecule has 0 fully saturated rings. The molecule has 0 rings (SSSR count). The summed E-state index contributed by atoms with van der Waals surface area (Å²) in [6.45, 7) is 19.4. The van der Waals surface area contributed by atoms with E-state index in [1.54, 1.807) is 0 Å². The Balaban J connectivity index is 4.32. The van der Waals surface area contributed by atoms with Gasteiger partial charge >= 0.3 is 0 Å².